The number of aryl methyl sites for hydroxylation is 1. The average Bonchev–Trinajstić information content (AvgIpc) is 2.28. The molecule has 0 amide bonds. The minimum absolute atomic E-state index is 0.247. The first kappa shape index (κ1) is 13.9. The summed E-state index contributed by atoms with van der Waals surface area (Å²) < 4.78 is 5.86. The van der Waals surface area contributed by atoms with Crippen molar-refractivity contribution in [1.82, 2.24) is 0 Å². The molecular formula is C15H25NO. The Morgan fingerprint density at radius 2 is 2.00 bits per heavy atom. The second-order valence-corrected chi connectivity index (χ2v) is 4.82. The van der Waals surface area contributed by atoms with Gasteiger partial charge in [0.1, 0.15) is 5.75 Å². The molecule has 2 N–H and O–H groups in total. The van der Waals surface area contributed by atoms with Crippen molar-refractivity contribution in [3.05, 3.63) is 23.8 Å². The first-order chi connectivity index (χ1) is 8.13. The molecule has 1 aromatic carbocycles. The molecule has 96 valence electrons. The molecule has 0 aromatic heterocycles. The van der Waals surface area contributed by atoms with Crippen LogP contribution in [0.1, 0.15) is 51.5 Å². The molecule has 2 heteroatoms. The van der Waals surface area contributed by atoms with Gasteiger partial charge in [-0.1, -0.05) is 32.3 Å². The van der Waals surface area contributed by atoms with E-state index in [1.165, 1.54) is 31.2 Å². The van der Waals surface area contributed by atoms with Crippen molar-refractivity contribution in [2.75, 3.05) is 5.73 Å². The Morgan fingerprint density at radius 3 is 2.65 bits per heavy atom. The van der Waals surface area contributed by atoms with Gasteiger partial charge < -0.3 is 10.5 Å². The summed E-state index contributed by atoms with van der Waals surface area (Å²) in [6.07, 6.45) is 6.48. The summed E-state index contributed by atoms with van der Waals surface area (Å²) in [5.41, 5.74) is 7.83. The van der Waals surface area contributed by atoms with E-state index < -0.39 is 0 Å². The van der Waals surface area contributed by atoms with E-state index in [9.17, 15) is 0 Å². The largest absolute Gasteiger partial charge is 0.489 e. The smallest absolute Gasteiger partial charge is 0.142 e. The van der Waals surface area contributed by atoms with E-state index in [0.717, 1.165) is 17.9 Å². The summed E-state index contributed by atoms with van der Waals surface area (Å²) in [6.45, 7) is 6.38. The number of anilines is 1. The molecule has 1 atom stereocenters. The number of unbranched alkanes of at least 4 members (excludes halogenated alkanes) is 3. The monoisotopic (exact) mass is 235 g/mol. The van der Waals surface area contributed by atoms with Gasteiger partial charge in [-0.15, -0.1) is 0 Å². The van der Waals surface area contributed by atoms with Crippen LogP contribution in [0.2, 0.25) is 0 Å². The molecule has 1 aromatic rings. The number of nitrogen functional groups attached to an aromatic ring is 1. The van der Waals surface area contributed by atoms with Gasteiger partial charge in [-0.05, 0) is 44.4 Å². The highest BCUT2D eigenvalue weighted by molar-refractivity contribution is 5.54. The third-order valence-corrected chi connectivity index (χ3v) is 2.96. The van der Waals surface area contributed by atoms with E-state index in [1.807, 2.05) is 25.1 Å². The van der Waals surface area contributed by atoms with Crippen LogP contribution in [0.3, 0.4) is 0 Å². The van der Waals surface area contributed by atoms with E-state index in [2.05, 4.69) is 13.8 Å². The molecule has 0 heterocycles. The van der Waals surface area contributed by atoms with Gasteiger partial charge in [-0.25, -0.2) is 0 Å². The third-order valence-electron chi connectivity index (χ3n) is 2.96. The lowest BCUT2D eigenvalue weighted by molar-refractivity contribution is 0.207. The zero-order valence-electron chi connectivity index (χ0n) is 11.3. The first-order valence-electron chi connectivity index (χ1n) is 6.66. The zero-order valence-corrected chi connectivity index (χ0v) is 11.3. The van der Waals surface area contributed by atoms with E-state index in [-0.39, 0.29) is 6.10 Å². The van der Waals surface area contributed by atoms with Crippen LogP contribution in [0.4, 0.5) is 5.69 Å². The second-order valence-electron chi connectivity index (χ2n) is 4.82. The normalized spacial score (nSPS) is 12.4. The summed E-state index contributed by atoms with van der Waals surface area (Å²) in [4.78, 5) is 0. The van der Waals surface area contributed by atoms with Crippen LogP contribution in [0.25, 0.3) is 0 Å². The number of rotatable bonds is 7. The first-order valence-corrected chi connectivity index (χ1v) is 6.66. The third kappa shape index (κ3) is 5.12. The predicted octanol–water partition coefficient (Wildman–Crippen LogP) is 4.31. The van der Waals surface area contributed by atoms with Gasteiger partial charge in [-0.2, -0.15) is 0 Å². The fourth-order valence-electron chi connectivity index (χ4n) is 1.91. The highest BCUT2D eigenvalue weighted by atomic mass is 16.5. The lowest BCUT2D eigenvalue weighted by Crippen LogP contribution is -2.12. The SMILES string of the molecule is CCCCCC[C@H](C)Oc1ccc(C)cc1N. The fraction of sp³-hybridized carbons (Fsp3) is 0.600. The van der Waals surface area contributed by atoms with Gasteiger partial charge in [0, 0.05) is 0 Å². The lowest BCUT2D eigenvalue weighted by Gasteiger charge is -2.16. The number of ether oxygens (including phenoxy) is 1. The summed E-state index contributed by atoms with van der Waals surface area (Å²) in [7, 11) is 0. The number of nitrogens with two attached hydrogens (primary N) is 1. The maximum absolute atomic E-state index is 5.92. The average molecular weight is 235 g/mol. The molecular weight excluding hydrogens is 210 g/mol. The second kappa shape index (κ2) is 7.21. The Balaban J connectivity index is 2.37. The van der Waals surface area contributed by atoms with Crippen molar-refractivity contribution in [3.8, 4) is 5.75 Å². The van der Waals surface area contributed by atoms with Crippen LogP contribution in [-0.4, -0.2) is 6.10 Å². The zero-order chi connectivity index (χ0) is 12.7. The van der Waals surface area contributed by atoms with Gasteiger partial charge in [0.05, 0.1) is 11.8 Å². The molecule has 2 nitrogen and oxygen atoms in total. The summed E-state index contributed by atoms with van der Waals surface area (Å²) in [5, 5.41) is 0. The van der Waals surface area contributed by atoms with Crippen molar-refractivity contribution in [2.45, 2.75) is 59.0 Å². The Morgan fingerprint density at radius 1 is 1.24 bits per heavy atom. The van der Waals surface area contributed by atoms with E-state index >= 15 is 0 Å². The van der Waals surface area contributed by atoms with Crippen LogP contribution in [-0.2, 0) is 0 Å². The van der Waals surface area contributed by atoms with Crippen LogP contribution < -0.4 is 10.5 Å². The van der Waals surface area contributed by atoms with E-state index in [1.54, 1.807) is 0 Å². The maximum Gasteiger partial charge on any atom is 0.142 e. The number of hydrogen-bond acceptors (Lipinski definition) is 2. The Hall–Kier alpha value is -1.18. The Bertz CT molecular complexity index is 336. The van der Waals surface area contributed by atoms with Crippen molar-refractivity contribution in [2.24, 2.45) is 0 Å². The molecule has 0 aliphatic carbocycles. The summed E-state index contributed by atoms with van der Waals surface area (Å²) in [6, 6.07) is 5.96. The molecule has 0 aliphatic rings. The van der Waals surface area contributed by atoms with Crippen LogP contribution in [0.5, 0.6) is 5.75 Å². The molecule has 0 radical (unpaired) electrons. The number of hydrogen-bond donors (Lipinski definition) is 1. The summed E-state index contributed by atoms with van der Waals surface area (Å²) >= 11 is 0. The van der Waals surface area contributed by atoms with Crippen molar-refractivity contribution >= 4 is 5.69 Å². The standard InChI is InChI=1S/C15H25NO/c1-4-5-6-7-8-13(3)17-15-10-9-12(2)11-14(15)16/h9-11,13H,4-8,16H2,1-3H3/t13-/m0/s1. The summed E-state index contributed by atoms with van der Waals surface area (Å²) in [5.74, 6) is 0.818. The predicted molar refractivity (Wildman–Crippen MR) is 74.4 cm³/mol. The maximum atomic E-state index is 5.92. The minimum Gasteiger partial charge on any atom is -0.489 e. The molecule has 17 heavy (non-hydrogen) atoms. The molecule has 0 saturated carbocycles. The molecule has 0 saturated heterocycles. The van der Waals surface area contributed by atoms with E-state index in [0.29, 0.717) is 0 Å². The van der Waals surface area contributed by atoms with Crippen molar-refractivity contribution < 1.29 is 4.74 Å². The van der Waals surface area contributed by atoms with Gasteiger partial charge in [-0.3, -0.25) is 0 Å². The van der Waals surface area contributed by atoms with Crippen LogP contribution in [0.15, 0.2) is 18.2 Å². The highest BCUT2D eigenvalue weighted by Crippen LogP contribution is 2.24. The Kier molecular flexibility index (Phi) is 5.88. The molecule has 0 spiro atoms. The van der Waals surface area contributed by atoms with Crippen molar-refractivity contribution in [1.29, 1.82) is 0 Å². The van der Waals surface area contributed by atoms with E-state index in [4.69, 9.17) is 10.5 Å². The molecule has 1 rings (SSSR count). The van der Waals surface area contributed by atoms with Gasteiger partial charge in [0.25, 0.3) is 0 Å². The minimum atomic E-state index is 0.247. The molecule has 0 fully saturated rings. The molecule has 0 aliphatic heterocycles. The molecule has 0 unspecified atom stereocenters. The number of benzene rings is 1. The Labute approximate surface area is 105 Å². The quantitative estimate of drug-likeness (QED) is 0.564. The molecule has 0 bridgehead atoms. The van der Waals surface area contributed by atoms with Crippen LogP contribution in [0, 0.1) is 6.92 Å². The lowest BCUT2D eigenvalue weighted by atomic mass is 10.1. The van der Waals surface area contributed by atoms with Crippen LogP contribution >= 0.6 is 0 Å². The van der Waals surface area contributed by atoms with Crippen molar-refractivity contribution in [3.63, 3.8) is 0 Å². The van der Waals surface area contributed by atoms with Gasteiger partial charge in [0.15, 0.2) is 0 Å². The van der Waals surface area contributed by atoms with Gasteiger partial charge in [0.2, 0.25) is 0 Å². The topological polar surface area (TPSA) is 35.2 Å². The fourth-order valence-corrected chi connectivity index (χ4v) is 1.91. The highest BCUT2D eigenvalue weighted by Gasteiger charge is 2.06. The van der Waals surface area contributed by atoms with Gasteiger partial charge >= 0.3 is 0 Å².